The third kappa shape index (κ3) is 4.53. The molecule has 0 saturated carbocycles. The van der Waals surface area contributed by atoms with E-state index in [9.17, 15) is 18.2 Å². The fourth-order valence-corrected chi connectivity index (χ4v) is 6.04. The van der Waals surface area contributed by atoms with E-state index in [0.29, 0.717) is 27.7 Å². The van der Waals surface area contributed by atoms with Gasteiger partial charge in [-0.05, 0) is 49.2 Å². The van der Waals surface area contributed by atoms with Crippen molar-refractivity contribution in [3.05, 3.63) is 29.8 Å². The Kier molecular flexibility index (Phi) is 7.15. The number of unbranched alkanes of at least 4 members (excludes halogenated alkanes) is 2. The maximum Gasteiger partial charge on any atom is 0.210 e. The van der Waals surface area contributed by atoms with Gasteiger partial charge in [0, 0.05) is 28.9 Å². The Hall–Kier alpha value is -1.49. The summed E-state index contributed by atoms with van der Waals surface area (Å²) in [5.74, 6) is 0.275. The Morgan fingerprint density at radius 1 is 1.16 bits per heavy atom. The van der Waals surface area contributed by atoms with Gasteiger partial charge in [-0.3, -0.25) is 5.04 Å². The second-order valence-electron chi connectivity index (χ2n) is 8.67. The zero-order chi connectivity index (χ0) is 23.0. The highest BCUT2D eigenvalue weighted by atomic mass is 32.2. The minimum absolute atomic E-state index is 0.275. The van der Waals surface area contributed by atoms with E-state index in [2.05, 4.69) is 48.6 Å². The predicted octanol–water partition coefficient (Wildman–Crippen LogP) is 4.20. The molecule has 0 spiro atoms. The second kappa shape index (κ2) is 9.17. The van der Waals surface area contributed by atoms with E-state index >= 15 is 0 Å². The first-order valence-electron chi connectivity index (χ1n) is 10.4. The number of nitrogens with zero attached hydrogens (tertiary/aromatic N) is 1. The second-order valence-corrected chi connectivity index (χ2v) is 10.8. The first kappa shape index (κ1) is 24.2. The number of benzene rings is 2. The zero-order valence-corrected chi connectivity index (χ0v) is 20.1. The van der Waals surface area contributed by atoms with Crippen molar-refractivity contribution in [3.8, 4) is 0 Å². The molecule has 1 heterocycles. The summed E-state index contributed by atoms with van der Waals surface area (Å²) in [6, 6.07) is 6.55. The van der Waals surface area contributed by atoms with Crippen molar-refractivity contribution in [2.45, 2.75) is 69.1 Å². The molecule has 0 amide bonds. The van der Waals surface area contributed by atoms with Crippen LogP contribution in [0.15, 0.2) is 34.1 Å². The van der Waals surface area contributed by atoms with Gasteiger partial charge in [0.1, 0.15) is 16.7 Å². The summed E-state index contributed by atoms with van der Waals surface area (Å²) >= 11 is 0.592. The maximum atomic E-state index is 11.9. The van der Waals surface area contributed by atoms with E-state index in [-0.39, 0.29) is 16.2 Å². The number of rotatable bonds is 9. The van der Waals surface area contributed by atoms with Crippen molar-refractivity contribution in [1.82, 2.24) is 0 Å². The lowest BCUT2D eigenvalue weighted by Gasteiger charge is -2.22. The lowest BCUT2D eigenvalue weighted by atomic mass is 9.76. The predicted molar refractivity (Wildman–Crippen MR) is 117 cm³/mol. The van der Waals surface area contributed by atoms with Gasteiger partial charge in [-0.15, -0.1) is 0 Å². The topological polar surface area (TPSA) is 102 Å². The fraction of sp³-hybridized carbons (Fsp3) is 0.500. The average molecular weight is 467 g/mol. The van der Waals surface area contributed by atoms with Crippen molar-refractivity contribution < 1.29 is 32.2 Å². The van der Waals surface area contributed by atoms with Crippen molar-refractivity contribution in [1.29, 1.82) is 0 Å². The van der Waals surface area contributed by atoms with Crippen molar-refractivity contribution in [2.75, 3.05) is 6.54 Å². The third-order valence-electron chi connectivity index (χ3n) is 5.87. The molecule has 0 aliphatic carbocycles. The summed E-state index contributed by atoms with van der Waals surface area (Å²) in [5.41, 5.74) is 2.88. The zero-order valence-electron chi connectivity index (χ0n) is 18.4. The lowest BCUT2D eigenvalue weighted by Crippen LogP contribution is -2.34. The van der Waals surface area contributed by atoms with Crippen LogP contribution in [0, 0.1) is 5.92 Å². The van der Waals surface area contributed by atoms with Gasteiger partial charge in [0.15, 0.2) is 5.71 Å². The summed E-state index contributed by atoms with van der Waals surface area (Å²) in [4.78, 5) is -0.0337. The largest absolute Gasteiger partial charge is 0.744 e. The molecule has 0 aromatic heterocycles. The monoisotopic (exact) mass is 466 g/mol. The molecule has 1 aliphatic rings. The standard InChI is InChI=1S/C22H29NO6S2/c1-6-7-8-11-23-18-10-9-16-17(20(18)22(4,5)21(23)14(2)3)12-15(31(25,26)27)13-19(16)30-29-28-24/h9-10,12-14H,6-8,11H2,1-5H3,(H-,24,25,26,27)/p-1. The van der Waals surface area contributed by atoms with Crippen LogP contribution < -0.4 is 5.26 Å². The molecule has 170 valence electrons. The molecule has 0 fully saturated rings. The van der Waals surface area contributed by atoms with Gasteiger partial charge < -0.3 is 9.81 Å². The molecule has 2 aromatic carbocycles. The van der Waals surface area contributed by atoms with E-state index < -0.39 is 10.1 Å². The number of hydrogen-bond donors (Lipinski definition) is 0. The molecule has 0 radical (unpaired) electrons. The minimum atomic E-state index is -4.72. The van der Waals surface area contributed by atoms with Crippen LogP contribution >= 0.6 is 12.0 Å². The Labute approximate surface area is 187 Å². The highest BCUT2D eigenvalue weighted by Crippen LogP contribution is 2.47. The van der Waals surface area contributed by atoms with Crippen molar-refractivity contribution in [2.24, 2.45) is 5.92 Å². The molecule has 0 saturated heterocycles. The summed E-state index contributed by atoms with van der Waals surface area (Å²) < 4.78 is 42.4. The van der Waals surface area contributed by atoms with Gasteiger partial charge in [0.2, 0.25) is 5.69 Å². The van der Waals surface area contributed by atoms with Crippen LogP contribution in [0.25, 0.3) is 10.8 Å². The molecular formula is C22H28NO6S2-. The molecule has 1 aliphatic heterocycles. The van der Waals surface area contributed by atoms with E-state index in [0.717, 1.165) is 37.1 Å². The highest BCUT2D eigenvalue weighted by Gasteiger charge is 2.47. The van der Waals surface area contributed by atoms with Gasteiger partial charge in [-0.1, -0.05) is 27.2 Å². The summed E-state index contributed by atoms with van der Waals surface area (Å²) in [5, 5.41) is 15.2. The van der Waals surface area contributed by atoms with Gasteiger partial charge in [-0.25, -0.2) is 8.42 Å². The quantitative estimate of drug-likeness (QED) is 0.136. The minimum Gasteiger partial charge on any atom is -0.744 e. The first-order valence-corrected chi connectivity index (χ1v) is 12.5. The highest BCUT2D eigenvalue weighted by molar-refractivity contribution is 7.94. The number of hydrogen-bond acceptors (Lipinski definition) is 7. The molecule has 3 rings (SSSR count). The molecule has 31 heavy (non-hydrogen) atoms. The molecule has 9 heteroatoms. The van der Waals surface area contributed by atoms with Crippen molar-refractivity contribution in [3.63, 3.8) is 0 Å². The third-order valence-corrected chi connectivity index (χ3v) is 7.32. The van der Waals surface area contributed by atoms with Crippen LogP contribution in [0.3, 0.4) is 0 Å². The van der Waals surface area contributed by atoms with Crippen LogP contribution in [-0.2, 0) is 24.9 Å². The van der Waals surface area contributed by atoms with Crippen LogP contribution in [-0.4, -0.2) is 29.8 Å². The lowest BCUT2D eigenvalue weighted by molar-refractivity contribution is -0.777. The van der Waals surface area contributed by atoms with Gasteiger partial charge in [0.05, 0.1) is 22.4 Å². The Balaban J connectivity index is 2.32. The average Bonchev–Trinajstić information content (AvgIpc) is 2.92. The summed E-state index contributed by atoms with van der Waals surface area (Å²) in [6.07, 6.45) is 3.29. The van der Waals surface area contributed by atoms with E-state index in [4.69, 9.17) is 0 Å². The van der Waals surface area contributed by atoms with Crippen LogP contribution in [0.5, 0.6) is 0 Å². The molecule has 7 nitrogen and oxygen atoms in total. The normalized spacial score (nSPS) is 15.9. The molecule has 2 aromatic rings. The van der Waals surface area contributed by atoms with Crippen LogP contribution in [0.4, 0.5) is 5.69 Å². The maximum absolute atomic E-state index is 11.9. The Morgan fingerprint density at radius 3 is 2.45 bits per heavy atom. The van der Waals surface area contributed by atoms with E-state index in [1.807, 2.05) is 12.1 Å². The summed E-state index contributed by atoms with van der Waals surface area (Å²) in [7, 11) is -4.72. The SMILES string of the molecule is CCCCC[N+]1=C(C(C)C)C(C)(C)c2c1ccc1c(SOO[O-])cc(S(=O)(=O)[O-])cc21. The Bertz CT molecular complexity index is 1120. The van der Waals surface area contributed by atoms with Gasteiger partial charge in [0.25, 0.3) is 0 Å². The molecule has 0 unspecified atom stereocenters. The number of fused-ring (bicyclic) bond motifs is 3. The first-order chi connectivity index (χ1) is 14.5. The van der Waals surface area contributed by atoms with Gasteiger partial charge >= 0.3 is 0 Å². The van der Waals surface area contributed by atoms with Crippen LogP contribution in [0.2, 0.25) is 0 Å². The fourth-order valence-electron chi connectivity index (χ4n) is 4.90. The van der Waals surface area contributed by atoms with Crippen LogP contribution in [0.1, 0.15) is 59.4 Å². The van der Waals surface area contributed by atoms with E-state index in [1.165, 1.54) is 17.8 Å². The summed E-state index contributed by atoms with van der Waals surface area (Å²) in [6.45, 7) is 11.6. The molecular weight excluding hydrogens is 438 g/mol. The molecule has 0 bridgehead atoms. The smallest absolute Gasteiger partial charge is 0.210 e. The van der Waals surface area contributed by atoms with Gasteiger partial charge in [-0.2, -0.15) is 8.91 Å². The molecule has 0 atom stereocenters. The van der Waals surface area contributed by atoms with E-state index in [1.54, 1.807) is 0 Å². The molecule has 0 N–H and O–H groups in total. The van der Waals surface area contributed by atoms with Crippen molar-refractivity contribution >= 4 is 44.3 Å². The Morgan fingerprint density at radius 2 is 1.87 bits per heavy atom.